The van der Waals surface area contributed by atoms with Gasteiger partial charge in [-0.15, -0.1) is 0 Å². The van der Waals surface area contributed by atoms with Gasteiger partial charge in [-0.25, -0.2) is 0 Å². The Morgan fingerprint density at radius 3 is 2.62 bits per heavy atom. The van der Waals surface area contributed by atoms with E-state index < -0.39 is 0 Å². The molecule has 1 amide bonds. The summed E-state index contributed by atoms with van der Waals surface area (Å²) in [6.45, 7) is 4.10. The number of carbonyl (C=O) groups is 1. The molecular formula is C20H22N2O2. The number of hydrogen-bond acceptors (Lipinski definition) is 2. The number of aromatic nitrogens is 1. The lowest BCUT2D eigenvalue weighted by Gasteiger charge is -2.18. The Kier molecular flexibility index (Phi) is 4.67. The normalized spacial score (nSPS) is 12.3. The topological polar surface area (TPSA) is 65.1 Å². The largest absolute Gasteiger partial charge is 0.396 e. The van der Waals surface area contributed by atoms with E-state index in [-0.39, 0.29) is 18.6 Å². The second-order valence-electron chi connectivity index (χ2n) is 6.08. The first-order valence-electron chi connectivity index (χ1n) is 8.15. The quantitative estimate of drug-likeness (QED) is 0.671. The van der Waals surface area contributed by atoms with Gasteiger partial charge in [0.1, 0.15) is 0 Å². The molecule has 3 aromatic rings. The minimum absolute atomic E-state index is 0.0228. The van der Waals surface area contributed by atoms with Crippen molar-refractivity contribution in [2.24, 2.45) is 0 Å². The van der Waals surface area contributed by atoms with Gasteiger partial charge in [0.2, 0.25) is 0 Å². The third kappa shape index (κ3) is 3.19. The summed E-state index contributed by atoms with van der Waals surface area (Å²) < 4.78 is 0. The fraction of sp³-hybridized carbons (Fsp3) is 0.250. The molecule has 4 nitrogen and oxygen atoms in total. The number of nitrogens with one attached hydrogen (secondary N) is 2. The van der Waals surface area contributed by atoms with E-state index in [0.29, 0.717) is 12.0 Å². The monoisotopic (exact) mass is 322 g/mol. The maximum Gasteiger partial charge on any atom is 0.251 e. The van der Waals surface area contributed by atoms with Crippen molar-refractivity contribution in [2.45, 2.75) is 26.3 Å². The van der Waals surface area contributed by atoms with Crippen molar-refractivity contribution in [1.29, 1.82) is 0 Å². The van der Waals surface area contributed by atoms with E-state index in [1.165, 1.54) is 0 Å². The molecule has 4 heteroatoms. The van der Waals surface area contributed by atoms with Gasteiger partial charge in [0.25, 0.3) is 5.91 Å². The summed E-state index contributed by atoms with van der Waals surface area (Å²) in [5.74, 6) is -0.127. The van der Waals surface area contributed by atoms with E-state index in [0.717, 1.165) is 27.7 Å². The highest BCUT2D eigenvalue weighted by atomic mass is 16.3. The molecule has 2 aromatic carbocycles. The number of hydrogen-bond donors (Lipinski definition) is 3. The van der Waals surface area contributed by atoms with Gasteiger partial charge < -0.3 is 15.4 Å². The van der Waals surface area contributed by atoms with Crippen LogP contribution >= 0.6 is 0 Å². The number of carbonyl (C=O) groups excluding carboxylic acids is 1. The van der Waals surface area contributed by atoms with E-state index in [4.69, 9.17) is 0 Å². The third-order valence-corrected chi connectivity index (χ3v) is 4.50. The standard InChI is InChI=1S/C20H22N2O2/c1-13-14(2)21-19-9-8-16(12-17(13)19)20(24)22-18(10-11-23)15-6-4-3-5-7-15/h3-9,12,18,21,23H,10-11H2,1-2H3,(H,22,24). The summed E-state index contributed by atoms with van der Waals surface area (Å²) >= 11 is 0. The van der Waals surface area contributed by atoms with Crippen LogP contribution < -0.4 is 5.32 Å². The van der Waals surface area contributed by atoms with Crippen molar-refractivity contribution in [3.8, 4) is 0 Å². The zero-order chi connectivity index (χ0) is 17.1. The van der Waals surface area contributed by atoms with Crippen LogP contribution in [0.2, 0.25) is 0 Å². The van der Waals surface area contributed by atoms with Crippen molar-refractivity contribution in [2.75, 3.05) is 6.61 Å². The Morgan fingerprint density at radius 1 is 1.17 bits per heavy atom. The van der Waals surface area contributed by atoms with Gasteiger partial charge in [0.15, 0.2) is 0 Å². The number of H-pyrrole nitrogens is 1. The first-order valence-corrected chi connectivity index (χ1v) is 8.15. The van der Waals surface area contributed by atoms with Crippen molar-refractivity contribution in [1.82, 2.24) is 10.3 Å². The van der Waals surface area contributed by atoms with Crippen LogP contribution in [0.4, 0.5) is 0 Å². The molecule has 0 fully saturated rings. The van der Waals surface area contributed by atoms with Gasteiger partial charge in [-0.1, -0.05) is 30.3 Å². The number of aryl methyl sites for hydroxylation is 2. The Morgan fingerprint density at radius 2 is 1.92 bits per heavy atom. The van der Waals surface area contributed by atoms with Crippen LogP contribution in [-0.2, 0) is 0 Å². The number of rotatable bonds is 5. The van der Waals surface area contributed by atoms with Crippen LogP contribution in [0.1, 0.15) is 39.6 Å². The summed E-state index contributed by atoms with van der Waals surface area (Å²) in [6.07, 6.45) is 0.486. The molecule has 1 aromatic heterocycles. The molecule has 1 atom stereocenters. The predicted octanol–water partition coefficient (Wildman–Crippen LogP) is 3.64. The van der Waals surface area contributed by atoms with Gasteiger partial charge in [-0.05, 0) is 49.6 Å². The Balaban J connectivity index is 1.86. The molecule has 24 heavy (non-hydrogen) atoms. The molecule has 0 saturated heterocycles. The Bertz CT molecular complexity index is 853. The highest BCUT2D eigenvalue weighted by molar-refractivity contribution is 5.99. The van der Waals surface area contributed by atoms with Gasteiger partial charge in [0.05, 0.1) is 6.04 Å². The summed E-state index contributed by atoms with van der Waals surface area (Å²) in [7, 11) is 0. The minimum Gasteiger partial charge on any atom is -0.396 e. The molecule has 0 spiro atoms. The van der Waals surface area contributed by atoms with Crippen molar-refractivity contribution in [3.63, 3.8) is 0 Å². The average Bonchev–Trinajstić information content (AvgIpc) is 2.89. The van der Waals surface area contributed by atoms with Crippen LogP contribution in [0.25, 0.3) is 10.9 Å². The molecule has 1 heterocycles. The molecule has 3 N–H and O–H groups in total. The molecule has 0 radical (unpaired) electrons. The van der Waals surface area contributed by atoms with Crippen molar-refractivity contribution < 1.29 is 9.90 Å². The minimum atomic E-state index is -0.201. The van der Waals surface area contributed by atoms with E-state index >= 15 is 0 Å². The molecule has 0 saturated carbocycles. The van der Waals surface area contributed by atoms with Gasteiger partial charge in [0, 0.05) is 28.8 Å². The molecule has 0 bridgehead atoms. The lowest BCUT2D eigenvalue weighted by molar-refractivity contribution is 0.0930. The second-order valence-corrected chi connectivity index (χ2v) is 6.08. The highest BCUT2D eigenvalue weighted by Crippen LogP contribution is 2.23. The maximum absolute atomic E-state index is 12.7. The van der Waals surface area contributed by atoms with Gasteiger partial charge >= 0.3 is 0 Å². The summed E-state index contributed by atoms with van der Waals surface area (Å²) in [6, 6.07) is 15.2. The molecule has 124 valence electrons. The average molecular weight is 322 g/mol. The summed E-state index contributed by atoms with van der Waals surface area (Å²) in [5, 5.41) is 13.4. The van der Waals surface area contributed by atoms with Gasteiger partial charge in [-0.3, -0.25) is 4.79 Å². The van der Waals surface area contributed by atoms with Gasteiger partial charge in [-0.2, -0.15) is 0 Å². The van der Waals surface area contributed by atoms with Crippen LogP contribution in [0.15, 0.2) is 48.5 Å². The van der Waals surface area contributed by atoms with E-state index in [9.17, 15) is 9.90 Å². The predicted molar refractivity (Wildman–Crippen MR) is 96.1 cm³/mol. The Hall–Kier alpha value is -2.59. The van der Waals surface area contributed by atoms with Crippen molar-refractivity contribution >= 4 is 16.8 Å². The smallest absolute Gasteiger partial charge is 0.251 e. The molecule has 0 aliphatic carbocycles. The number of aliphatic hydroxyl groups is 1. The molecule has 0 aliphatic heterocycles. The summed E-state index contributed by atoms with van der Waals surface area (Å²) in [5.41, 5.74) is 4.94. The lowest BCUT2D eigenvalue weighted by atomic mass is 10.0. The fourth-order valence-corrected chi connectivity index (χ4v) is 2.98. The van der Waals surface area contributed by atoms with E-state index in [1.54, 1.807) is 0 Å². The zero-order valence-electron chi connectivity index (χ0n) is 14.0. The number of aromatic amines is 1. The Labute approximate surface area is 141 Å². The van der Waals surface area contributed by atoms with Crippen LogP contribution in [0.3, 0.4) is 0 Å². The van der Waals surface area contributed by atoms with Crippen LogP contribution in [0.5, 0.6) is 0 Å². The number of fused-ring (bicyclic) bond motifs is 1. The maximum atomic E-state index is 12.7. The van der Waals surface area contributed by atoms with E-state index in [2.05, 4.69) is 10.3 Å². The molecule has 3 rings (SSSR count). The van der Waals surface area contributed by atoms with Crippen molar-refractivity contribution in [3.05, 3.63) is 70.9 Å². The molecule has 0 aliphatic rings. The highest BCUT2D eigenvalue weighted by Gasteiger charge is 2.16. The third-order valence-electron chi connectivity index (χ3n) is 4.50. The zero-order valence-corrected chi connectivity index (χ0v) is 14.0. The van der Waals surface area contributed by atoms with Crippen LogP contribution in [-0.4, -0.2) is 22.6 Å². The second kappa shape index (κ2) is 6.89. The number of amides is 1. The van der Waals surface area contributed by atoms with Crippen LogP contribution in [0, 0.1) is 13.8 Å². The van der Waals surface area contributed by atoms with E-state index in [1.807, 2.05) is 62.4 Å². The first-order chi connectivity index (χ1) is 11.6. The lowest BCUT2D eigenvalue weighted by Crippen LogP contribution is -2.29. The number of aliphatic hydroxyl groups excluding tert-OH is 1. The first kappa shape index (κ1) is 16.3. The fourth-order valence-electron chi connectivity index (χ4n) is 2.98. The number of benzene rings is 2. The summed E-state index contributed by atoms with van der Waals surface area (Å²) in [4.78, 5) is 16.0. The molecular weight excluding hydrogens is 300 g/mol. The molecule has 1 unspecified atom stereocenters. The SMILES string of the molecule is Cc1[nH]c2ccc(C(=O)NC(CCO)c3ccccc3)cc2c1C.